The van der Waals surface area contributed by atoms with E-state index < -0.39 is 22.7 Å². The van der Waals surface area contributed by atoms with E-state index in [2.05, 4.69) is 4.98 Å². The van der Waals surface area contributed by atoms with E-state index in [0.29, 0.717) is 5.56 Å². The van der Waals surface area contributed by atoms with Crippen molar-refractivity contribution in [2.45, 2.75) is 11.8 Å². The minimum absolute atomic E-state index is 0.0311. The van der Waals surface area contributed by atoms with Crippen LogP contribution in [-0.4, -0.2) is 27.1 Å². The number of hydrogen-bond acceptors (Lipinski definition) is 2. The van der Waals surface area contributed by atoms with Crippen molar-refractivity contribution in [3.05, 3.63) is 59.3 Å². The first kappa shape index (κ1) is 15.4. The summed E-state index contributed by atoms with van der Waals surface area (Å²) in [4.78, 5) is 24.8. The zero-order chi connectivity index (χ0) is 16.8. The molecule has 0 amide bonds. The fourth-order valence-corrected chi connectivity index (χ4v) is 3.50. The molecule has 1 heterocycles. The Balaban J connectivity index is 2.18. The lowest BCUT2D eigenvalue weighted by Crippen LogP contribution is -2.37. The monoisotopic (exact) mass is 331 g/mol. The Labute approximate surface area is 136 Å². The lowest BCUT2D eigenvalue weighted by atomic mass is 9.75. The second-order valence-corrected chi connectivity index (χ2v) is 6.18. The molecule has 0 saturated heterocycles. The molecule has 2 atom stereocenters. The lowest BCUT2D eigenvalue weighted by Gasteiger charge is -2.34. The van der Waals surface area contributed by atoms with Gasteiger partial charge in [0, 0.05) is 11.7 Å². The molecule has 1 aromatic carbocycles. The summed E-state index contributed by atoms with van der Waals surface area (Å²) in [5.74, 6) is -3.48. The van der Waals surface area contributed by atoms with Crippen molar-refractivity contribution in [1.29, 1.82) is 0 Å². The van der Waals surface area contributed by atoms with Crippen LogP contribution in [0.4, 0.5) is 0 Å². The first-order chi connectivity index (χ1) is 10.8. The predicted octanol–water partition coefficient (Wildman–Crippen LogP) is 3.27. The molecular weight excluding hydrogens is 318 g/mol. The van der Waals surface area contributed by atoms with Gasteiger partial charge in [0.25, 0.3) is 0 Å². The van der Waals surface area contributed by atoms with Gasteiger partial charge < -0.3 is 15.2 Å². The van der Waals surface area contributed by atoms with E-state index in [4.69, 9.17) is 11.6 Å². The third kappa shape index (κ3) is 2.33. The molecule has 118 valence electrons. The minimum atomic E-state index is -1.33. The molecule has 6 heteroatoms. The van der Waals surface area contributed by atoms with E-state index in [9.17, 15) is 19.8 Å². The number of halogens is 1. The van der Waals surface area contributed by atoms with Crippen molar-refractivity contribution >= 4 is 34.4 Å². The van der Waals surface area contributed by atoms with Crippen LogP contribution in [-0.2, 0) is 14.5 Å². The van der Waals surface area contributed by atoms with Gasteiger partial charge in [0.1, 0.15) is 10.8 Å². The van der Waals surface area contributed by atoms with Crippen LogP contribution in [0.15, 0.2) is 53.8 Å². The van der Waals surface area contributed by atoms with E-state index >= 15 is 0 Å². The number of hydrogen-bond donors (Lipinski definition) is 3. The van der Waals surface area contributed by atoms with Crippen LogP contribution in [0.1, 0.15) is 12.5 Å². The zero-order valence-electron chi connectivity index (χ0n) is 12.2. The highest BCUT2D eigenvalue weighted by Gasteiger charge is 2.46. The van der Waals surface area contributed by atoms with Gasteiger partial charge in [-0.25, -0.2) is 4.79 Å². The summed E-state index contributed by atoms with van der Waals surface area (Å²) in [6, 6.07) is 7.27. The topological polar surface area (TPSA) is 90.4 Å². The van der Waals surface area contributed by atoms with Crippen LogP contribution in [0.5, 0.6) is 0 Å². The predicted molar refractivity (Wildman–Crippen MR) is 86.4 cm³/mol. The number of benzene rings is 1. The maximum absolute atomic E-state index is 11.8. The molecular formula is C17H14ClNO4. The molecule has 0 saturated carbocycles. The van der Waals surface area contributed by atoms with Crippen molar-refractivity contribution < 1.29 is 19.8 Å². The van der Waals surface area contributed by atoms with Gasteiger partial charge in [-0.15, -0.1) is 11.6 Å². The molecule has 3 rings (SSSR count). The number of alkyl halides is 1. The first-order valence-corrected chi connectivity index (χ1v) is 7.35. The van der Waals surface area contributed by atoms with Gasteiger partial charge in [0.05, 0.1) is 5.57 Å². The number of carboxylic acids is 2. The Kier molecular flexibility index (Phi) is 3.53. The van der Waals surface area contributed by atoms with E-state index in [1.54, 1.807) is 12.3 Å². The average molecular weight is 332 g/mol. The number of carbonyl (C=O) groups is 2. The Morgan fingerprint density at radius 1 is 1.26 bits per heavy atom. The van der Waals surface area contributed by atoms with Crippen molar-refractivity contribution in [2.75, 3.05) is 0 Å². The number of aliphatic carboxylic acids is 2. The van der Waals surface area contributed by atoms with Gasteiger partial charge in [0.15, 0.2) is 0 Å². The Hall–Kier alpha value is -2.53. The normalized spacial score (nSPS) is 24.2. The maximum atomic E-state index is 11.8. The molecule has 23 heavy (non-hydrogen) atoms. The van der Waals surface area contributed by atoms with Crippen molar-refractivity contribution in [1.82, 2.24) is 4.98 Å². The number of rotatable bonds is 3. The molecule has 0 radical (unpaired) electrons. The summed E-state index contributed by atoms with van der Waals surface area (Å²) in [5, 5.41) is 19.7. The van der Waals surface area contributed by atoms with Crippen LogP contribution < -0.4 is 0 Å². The van der Waals surface area contributed by atoms with Gasteiger partial charge in [0.2, 0.25) is 0 Å². The summed E-state index contributed by atoms with van der Waals surface area (Å²) in [6.07, 6.45) is 4.62. The summed E-state index contributed by atoms with van der Waals surface area (Å²) in [6.45, 7) is 1.50. The number of H-pyrrole nitrogens is 1. The van der Waals surface area contributed by atoms with E-state index in [0.717, 1.165) is 10.9 Å². The Morgan fingerprint density at radius 2 is 2.00 bits per heavy atom. The fourth-order valence-electron chi connectivity index (χ4n) is 3.06. The van der Waals surface area contributed by atoms with Gasteiger partial charge in [-0.3, -0.25) is 4.79 Å². The number of nitrogens with one attached hydrogen (secondary N) is 1. The van der Waals surface area contributed by atoms with Crippen LogP contribution in [0.25, 0.3) is 10.9 Å². The smallest absolute Gasteiger partial charge is 0.335 e. The van der Waals surface area contributed by atoms with Crippen molar-refractivity contribution in [2.24, 2.45) is 5.92 Å². The molecule has 2 unspecified atom stereocenters. The summed E-state index contributed by atoms with van der Waals surface area (Å²) < 4.78 is 0. The number of fused-ring (bicyclic) bond motifs is 1. The van der Waals surface area contributed by atoms with Gasteiger partial charge >= 0.3 is 11.9 Å². The van der Waals surface area contributed by atoms with E-state index in [1.807, 2.05) is 18.2 Å². The minimum Gasteiger partial charge on any atom is -0.481 e. The van der Waals surface area contributed by atoms with Crippen LogP contribution in [0, 0.1) is 5.92 Å². The van der Waals surface area contributed by atoms with Crippen LogP contribution in [0.3, 0.4) is 0 Å². The lowest BCUT2D eigenvalue weighted by molar-refractivity contribution is -0.141. The van der Waals surface area contributed by atoms with Gasteiger partial charge in [-0.1, -0.05) is 12.1 Å². The van der Waals surface area contributed by atoms with Crippen LogP contribution >= 0.6 is 11.6 Å². The average Bonchev–Trinajstić information content (AvgIpc) is 2.93. The molecule has 0 fully saturated rings. The summed E-state index contributed by atoms with van der Waals surface area (Å²) in [5.41, 5.74) is 1.73. The zero-order valence-corrected chi connectivity index (χ0v) is 13.0. The van der Waals surface area contributed by atoms with Gasteiger partial charge in [-0.2, -0.15) is 0 Å². The van der Waals surface area contributed by atoms with Crippen LogP contribution in [0.2, 0.25) is 0 Å². The molecule has 1 aliphatic carbocycles. The number of aromatic nitrogens is 1. The van der Waals surface area contributed by atoms with Gasteiger partial charge in [-0.05, 0) is 47.7 Å². The third-order valence-corrected chi connectivity index (χ3v) is 4.81. The van der Waals surface area contributed by atoms with E-state index in [-0.39, 0.29) is 11.1 Å². The second kappa shape index (κ2) is 5.28. The molecule has 0 bridgehead atoms. The molecule has 1 aromatic heterocycles. The fraction of sp³-hybridized carbons (Fsp3) is 0.176. The molecule has 0 aliphatic heterocycles. The summed E-state index contributed by atoms with van der Waals surface area (Å²) >= 11 is 6.69. The highest BCUT2D eigenvalue weighted by molar-refractivity contribution is 6.27. The largest absolute Gasteiger partial charge is 0.481 e. The SMILES string of the molecule is CC1=C(C(=O)O)C=CC(Cl)(c2ccc3[nH]ccc3c2)C1C(=O)O. The highest BCUT2D eigenvalue weighted by Crippen LogP contribution is 2.46. The molecule has 5 nitrogen and oxygen atoms in total. The standard InChI is InChI=1S/C17H14ClNO4/c1-9-12(15(20)21)4-6-17(18,14(9)16(22)23)11-2-3-13-10(8-11)5-7-19-13/h2-8,14,19H,1H3,(H,20,21)(H,22,23). The van der Waals surface area contributed by atoms with Crippen molar-refractivity contribution in [3.63, 3.8) is 0 Å². The second-order valence-electron chi connectivity index (χ2n) is 5.55. The number of allylic oxidation sites excluding steroid dienone is 1. The molecule has 3 N–H and O–H groups in total. The highest BCUT2D eigenvalue weighted by atomic mass is 35.5. The Morgan fingerprint density at radius 3 is 2.65 bits per heavy atom. The molecule has 1 aliphatic rings. The quantitative estimate of drug-likeness (QED) is 0.753. The number of aromatic amines is 1. The molecule has 2 aromatic rings. The third-order valence-electron chi connectivity index (χ3n) is 4.24. The first-order valence-electron chi connectivity index (χ1n) is 6.97. The number of carboxylic acid groups (broad SMARTS) is 2. The molecule has 0 spiro atoms. The summed E-state index contributed by atoms with van der Waals surface area (Å²) in [7, 11) is 0. The van der Waals surface area contributed by atoms with Crippen molar-refractivity contribution in [3.8, 4) is 0 Å². The van der Waals surface area contributed by atoms with E-state index in [1.165, 1.54) is 19.1 Å². The maximum Gasteiger partial charge on any atom is 0.335 e. The Bertz CT molecular complexity index is 880.